The minimum atomic E-state index is -0.337. The number of nitriles is 1. The molecule has 5 heteroatoms. The number of ether oxygens (including phenoxy) is 2. The number of nitrogens with zero attached hydrogens (tertiary/aromatic N) is 1. The number of rotatable bonds is 7. The Morgan fingerprint density at radius 3 is 2.86 bits per heavy atom. The van der Waals surface area contributed by atoms with Gasteiger partial charge in [-0.05, 0) is 36.6 Å². The molecule has 0 bridgehead atoms. The maximum atomic E-state index is 11.9. The molecule has 0 aliphatic heterocycles. The smallest absolute Gasteiger partial charge is 0.262 e. The average Bonchev–Trinajstić information content (AvgIpc) is 3.34. The van der Waals surface area contributed by atoms with E-state index in [-0.39, 0.29) is 17.5 Å². The Morgan fingerprint density at radius 1 is 1.50 bits per heavy atom. The Kier molecular flexibility index (Phi) is 5.21. The fourth-order valence-electron chi connectivity index (χ4n) is 1.85. The van der Waals surface area contributed by atoms with Crippen molar-refractivity contribution >= 4 is 12.0 Å². The Hall–Kier alpha value is -2.74. The second-order valence-electron chi connectivity index (χ2n) is 4.93. The highest BCUT2D eigenvalue weighted by Gasteiger charge is 2.24. The van der Waals surface area contributed by atoms with Crippen molar-refractivity contribution in [2.75, 3.05) is 13.7 Å². The zero-order valence-corrected chi connectivity index (χ0v) is 12.5. The van der Waals surface area contributed by atoms with Crippen LogP contribution in [0.4, 0.5) is 0 Å². The molecular formula is C17H18N2O3. The lowest BCUT2D eigenvalue weighted by Crippen LogP contribution is -2.26. The van der Waals surface area contributed by atoms with Crippen molar-refractivity contribution < 1.29 is 14.3 Å². The lowest BCUT2D eigenvalue weighted by Gasteiger charge is -2.10. The van der Waals surface area contributed by atoms with Crippen LogP contribution in [-0.4, -0.2) is 25.7 Å². The zero-order valence-electron chi connectivity index (χ0n) is 12.5. The lowest BCUT2D eigenvalue weighted by molar-refractivity contribution is -0.117. The molecule has 1 amide bonds. The van der Waals surface area contributed by atoms with Gasteiger partial charge < -0.3 is 14.8 Å². The molecule has 2 rings (SSSR count). The monoisotopic (exact) mass is 298 g/mol. The molecule has 1 aromatic rings. The highest BCUT2D eigenvalue weighted by molar-refractivity contribution is 6.02. The van der Waals surface area contributed by atoms with Crippen LogP contribution in [0.25, 0.3) is 6.08 Å². The zero-order chi connectivity index (χ0) is 15.9. The van der Waals surface area contributed by atoms with E-state index >= 15 is 0 Å². The maximum absolute atomic E-state index is 11.9. The van der Waals surface area contributed by atoms with E-state index in [1.54, 1.807) is 24.3 Å². The highest BCUT2D eigenvalue weighted by atomic mass is 16.5. The fraction of sp³-hybridized carbons (Fsp3) is 0.294. The average molecular weight is 298 g/mol. The SMILES string of the molecule is C=CCOc1ccc(/C=C(\C#N)C(=O)NC2CC2)cc1OC. The molecule has 114 valence electrons. The van der Waals surface area contributed by atoms with Gasteiger partial charge in [0.05, 0.1) is 7.11 Å². The number of amides is 1. The second kappa shape index (κ2) is 7.32. The van der Waals surface area contributed by atoms with Crippen LogP contribution in [0, 0.1) is 11.3 Å². The largest absolute Gasteiger partial charge is 0.493 e. The van der Waals surface area contributed by atoms with E-state index in [4.69, 9.17) is 14.7 Å². The van der Waals surface area contributed by atoms with Crippen LogP contribution in [-0.2, 0) is 4.79 Å². The van der Waals surface area contributed by atoms with Gasteiger partial charge in [0.1, 0.15) is 18.2 Å². The van der Waals surface area contributed by atoms with E-state index in [0.717, 1.165) is 12.8 Å². The van der Waals surface area contributed by atoms with E-state index in [9.17, 15) is 4.79 Å². The summed E-state index contributed by atoms with van der Waals surface area (Å²) in [6.45, 7) is 3.97. The number of hydrogen-bond acceptors (Lipinski definition) is 4. The lowest BCUT2D eigenvalue weighted by atomic mass is 10.1. The molecule has 1 saturated carbocycles. The summed E-state index contributed by atoms with van der Waals surface area (Å²) in [7, 11) is 1.54. The Bertz CT molecular complexity index is 640. The topological polar surface area (TPSA) is 71.3 Å². The standard InChI is InChI=1S/C17H18N2O3/c1-3-8-22-15-7-4-12(10-16(15)21-2)9-13(11-18)17(20)19-14-5-6-14/h3-4,7,9-10,14H,1,5-6,8H2,2H3,(H,19,20)/b13-9+. The van der Waals surface area contributed by atoms with Crippen LogP contribution < -0.4 is 14.8 Å². The molecule has 0 unspecified atom stereocenters. The van der Waals surface area contributed by atoms with Crippen molar-refractivity contribution in [3.63, 3.8) is 0 Å². The van der Waals surface area contributed by atoms with Crippen molar-refractivity contribution in [2.45, 2.75) is 18.9 Å². The third-order valence-corrected chi connectivity index (χ3v) is 3.13. The van der Waals surface area contributed by atoms with Crippen molar-refractivity contribution in [3.05, 3.63) is 42.0 Å². The fourth-order valence-corrected chi connectivity index (χ4v) is 1.85. The van der Waals surface area contributed by atoms with E-state index in [2.05, 4.69) is 11.9 Å². The molecule has 22 heavy (non-hydrogen) atoms. The number of hydrogen-bond donors (Lipinski definition) is 1. The maximum Gasteiger partial charge on any atom is 0.262 e. The van der Waals surface area contributed by atoms with Gasteiger partial charge in [-0.2, -0.15) is 5.26 Å². The quantitative estimate of drug-likeness (QED) is 0.477. The van der Waals surface area contributed by atoms with Crippen LogP contribution in [0.5, 0.6) is 11.5 Å². The van der Waals surface area contributed by atoms with Crippen LogP contribution in [0.15, 0.2) is 36.4 Å². The summed E-state index contributed by atoms with van der Waals surface area (Å²) in [5.74, 6) is 0.784. The second-order valence-corrected chi connectivity index (χ2v) is 4.93. The normalized spacial score (nSPS) is 13.9. The molecule has 1 aliphatic rings. The van der Waals surface area contributed by atoms with Crippen LogP contribution in [0.3, 0.4) is 0 Å². The predicted octanol–water partition coefficient (Wildman–Crippen LogP) is 2.45. The molecule has 1 aliphatic carbocycles. The van der Waals surface area contributed by atoms with E-state index in [1.165, 1.54) is 13.2 Å². The third kappa shape index (κ3) is 4.13. The molecular weight excluding hydrogens is 280 g/mol. The van der Waals surface area contributed by atoms with E-state index in [1.807, 2.05) is 6.07 Å². The van der Waals surface area contributed by atoms with Gasteiger partial charge in [-0.25, -0.2) is 0 Å². The summed E-state index contributed by atoms with van der Waals surface area (Å²) in [5.41, 5.74) is 0.777. The number of carbonyl (C=O) groups excluding carboxylic acids is 1. The van der Waals surface area contributed by atoms with Gasteiger partial charge in [-0.15, -0.1) is 0 Å². The summed E-state index contributed by atoms with van der Waals surface area (Å²) >= 11 is 0. The highest BCUT2D eigenvalue weighted by Crippen LogP contribution is 2.29. The summed E-state index contributed by atoms with van der Waals surface area (Å²) in [6, 6.07) is 7.38. The summed E-state index contributed by atoms with van der Waals surface area (Å²) < 4.78 is 10.7. The van der Waals surface area contributed by atoms with Crippen molar-refractivity contribution in [2.24, 2.45) is 0 Å². The molecule has 0 saturated heterocycles. The molecule has 1 N–H and O–H groups in total. The summed E-state index contributed by atoms with van der Waals surface area (Å²) in [6.07, 6.45) is 5.14. The number of benzene rings is 1. The van der Waals surface area contributed by atoms with Gasteiger partial charge in [-0.1, -0.05) is 18.7 Å². The first-order valence-corrected chi connectivity index (χ1v) is 7.02. The Balaban J connectivity index is 2.19. The molecule has 0 spiro atoms. The first-order valence-electron chi connectivity index (χ1n) is 7.02. The predicted molar refractivity (Wildman–Crippen MR) is 83.4 cm³/mol. The molecule has 1 aromatic carbocycles. The Morgan fingerprint density at radius 2 is 2.27 bits per heavy atom. The third-order valence-electron chi connectivity index (χ3n) is 3.13. The van der Waals surface area contributed by atoms with Crippen molar-refractivity contribution in [3.8, 4) is 17.6 Å². The molecule has 0 heterocycles. The number of carbonyl (C=O) groups is 1. The first kappa shape index (κ1) is 15.6. The first-order chi connectivity index (χ1) is 10.7. The van der Waals surface area contributed by atoms with Crippen molar-refractivity contribution in [1.29, 1.82) is 5.26 Å². The molecule has 5 nitrogen and oxygen atoms in total. The van der Waals surface area contributed by atoms with Gasteiger partial charge in [-0.3, -0.25) is 4.79 Å². The van der Waals surface area contributed by atoms with E-state index in [0.29, 0.717) is 23.7 Å². The van der Waals surface area contributed by atoms with Gasteiger partial charge in [0.25, 0.3) is 5.91 Å². The molecule has 1 fully saturated rings. The van der Waals surface area contributed by atoms with Crippen LogP contribution in [0.1, 0.15) is 18.4 Å². The number of methoxy groups -OCH3 is 1. The molecule has 0 radical (unpaired) electrons. The summed E-state index contributed by atoms with van der Waals surface area (Å²) in [5, 5.41) is 11.9. The van der Waals surface area contributed by atoms with Crippen LogP contribution in [0.2, 0.25) is 0 Å². The van der Waals surface area contributed by atoms with Crippen LogP contribution >= 0.6 is 0 Å². The number of nitrogens with one attached hydrogen (secondary N) is 1. The Labute approximate surface area is 129 Å². The van der Waals surface area contributed by atoms with Gasteiger partial charge in [0, 0.05) is 6.04 Å². The minimum absolute atomic E-state index is 0.0775. The van der Waals surface area contributed by atoms with Gasteiger partial charge >= 0.3 is 0 Å². The summed E-state index contributed by atoms with van der Waals surface area (Å²) in [4.78, 5) is 11.9. The minimum Gasteiger partial charge on any atom is -0.493 e. The van der Waals surface area contributed by atoms with Gasteiger partial charge in [0.2, 0.25) is 0 Å². The van der Waals surface area contributed by atoms with Crippen molar-refractivity contribution in [1.82, 2.24) is 5.32 Å². The molecule has 0 atom stereocenters. The molecule has 0 aromatic heterocycles. The van der Waals surface area contributed by atoms with E-state index < -0.39 is 0 Å². The van der Waals surface area contributed by atoms with Gasteiger partial charge in [0.15, 0.2) is 11.5 Å².